The van der Waals surface area contributed by atoms with Crippen LogP contribution in [0.3, 0.4) is 0 Å². The Bertz CT molecular complexity index is 1110. The van der Waals surface area contributed by atoms with Crippen molar-refractivity contribution in [3.8, 4) is 0 Å². The van der Waals surface area contributed by atoms with Gasteiger partial charge in [-0.1, -0.05) is 42.1 Å². The lowest BCUT2D eigenvalue weighted by molar-refractivity contribution is -0.384. The molecule has 158 valence electrons. The third-order valence-electron chi connectivity index (χ3n) is 5.08. The van der Waals surface area contributed by atoms with Crippen molar-refractivity contribution >= 4 is 29.0 Å². The molecule has 1 heterocycles. The highest BCUT2D eigenvalue weighted by Crippen LogP contribution is 2.35. The van der Waals surface area contributed by atoms with Crippen LogP contribution in [0.15, 0.2) is 82.6 Å². The summed E-state index contributed by atoms with van der Waals surface area (Å²) in [4.78, 5) is 26.6. The molecule has 1 fully saturated rings. The van der Waals surface area contributed by atoms with Crippen LogP contribution in [0.1, 0.15) is 16.8 Å². The molecule has 1 aliphatic heterocycles. The maximum Gasteiger partial charge on any atom is 0.270 e. The van der Waals surface area contributed by atoms with E-state index in [1.807, 2.05) is 30.3 Å². The summed E-state index contributed by atoms with van der Waals surface area (Å²) in [6, 6.07) is 20.2. The van der Waals surface area contributed by atoms with Gasteiger partial charge < -0.3 is 10.2 Å². The second-order valence-electron chi connectivity index (χ2n) is 7.22. The van der Waals surface area contributed by atoms with Crippen LogP contribution in [0.25, 0.3) is 0 Å². The summed E-state index contributed by atoms with van der Waals surface area (Å²) in [5, 5.41) is 14.7. The van der Waals surface area contributed by atoms with Crippen molar-refractivity contribution in [2.75, 3.05) is 18.4 Å². The van der Waals surface area contributed by atoms with Crippen LogP contribution in [0, 0.1) is 15.9 Å². The second-order valence-corrected chi connectivity index (χ2v) is 8.30. The number of benzene rings is 3. The number of hydrogen-bond donors (Lipinski definition) is 1. The molecule has 0 aliphatic carbocycles. The van der Waals surface area contributed by atoms with Gasteiger partial charge in [-0.2, -0.15) is 0 Å². The van der Waals surface area contributed by atoms with E-state index in [0.29, 0.717) is 22.9 Å². The van der Waals surface area contributed by atoms with Crippen LogP contribution < -0.4 is 5.32 Å². The van der Waals surface area contributed by atoms with Gasteiger partial charge in [-0.3, -0.25) is 14.9 Å². The van der Waals surface area contributed by atoms with Crippen molar-refractivity contribution in [1.82, 2.24) is 4.90 Å². The van der Waals surface area contributed by atoms with E-state index in [1.54, 1.807) is 23.1 Å². The summed E-state index contributed by atoms with van der Waals surface area (Å²) >= 11 is 1.09. The van der Waals surface area contributed by atoms with Gasteiger partial charge >= 0.3 is 0 Å². The van der Waals surface area contributed by atoms with E-state index in [9.17, 15) is 19.3 Å². The molecule has 1 atom stereocenters. The molecule has 3 aromatic rings. The number of rotatable bonds is 6. The molecule has 1 aliphatic rings. The first-order valence-corrected chi connectivity index (χ1v) is 10.6. The Balaban J connectivity index is 1.56. The molecule has 0 spiro atoms. The number of non-ortho nitro benzene ring substituents is 1. The van der Waals surface area contributed by atoms with Crippen LogP contribution in [0.5, 0.6) is 0 Å². The molecule has 1 unspecified atom stereocenters. The van der Waals surface area contributed by atoms with Gasteiger partial charge in [-0.05, 0) is 36.8 Å². The zero-order chi connectivity index (χ0) is 21.8. The summed E-state index contributed by atoms with van der Waals surface area (Å²) in [5.74, 6) is -0.697. The second kappa shape index (κ2) is 9.18. The topological polar surface area (TPSA) is 75.5 Å². The number of nitro groups is 1. The van der Waals surface area contributed by atoms with E-state index in [-0.39, 0.29) is 23.2 Å². The molecule has 4 rings (SSSR count). The van der Waals surface area contributed by atoms with Gasteiger partial charge in [0.05, 0.1) is 10.5 Å². The van der Waals surface area contributed by atoms with Crippen LogP contribution >= 0.6 is 11.8 Å². The first kappa shape index (κ1) is 20.9. The Labute approximate surface area is 183 Å². The number of nitrogens with one attached hydrogen (secondary N) is 1. The highest BCUT2D eigenvalue weighted by Gasteiger charge is 2.29. The minimum Gasteiger partial charge on any atom is -0.380 e. The van der Waals surface area contributed by atoms with Crippen molar-refractivity contribution in [2.24, 2.45) is 0 Å². The zero-order valence-electron chi connectivity index (χ0n) is 16.5. The Kier molecular flexibility index (Phi) is 6.18. The lowest BCUT2D eigenvalue weighted by atomic mass is 10.1. The summed E-state index contributed by atoms with van der Waals surface area (Å²) in [5.41, 5.74) is 1.02. The lowest BCUT2D eigenvalue weighted by Gasteiger charge is -2.19. The molecule has 0 aromatic heterocycles. The number of nitrogens with zero attached hydrogens (tertiary/aromatic N) is 2. The molecule has 3 aromatic carbocycles. The van der Waals surface area contributed by atoms with Crippen LogP contribution in [0.2, 0.25) is 0 Å². The molecule has 1 amide bonds. The monoisotopic (exact) mass is 437 g/mol. The molecule has 0 radical (unpaired) electrons. The lowest BCUT2D eigenvalue weighted by Crippen LogP contribution is -2.32. The number of carbonyl (C=O) groups is 1. The average molecular weight is 437 g/mol. The van der Waals surface area contributed by atoms with Gasteiger partial charge in [0.25, 0.3) is 11.6 Å². The first-order chi connectivity index (χ1) is 15.0. The fourth-order valence-corrected chi connectivity index (χ4v) is 4.48. The number of para-hydroxylation sites is 1. The number of amides is 1. The van der Waals surface area contributed by atoms with E-state index >= 15 is 0 Å². The smallest absolute Gasteiger partial charge is 0.270 e. The minimum absolute atomic E-state index is 0.0905. The third-order valence-corrected chi connectivity index (χ3v) is 6.21. The highest BCUT2D eigenvalue weighted by molar-refractivity contribution is 7.99. The number of anilines is 1. The van der Waals surface area contributed by atoms with E-state index in [1.165, 1.54) is 24.3 Å². The summed E-state index contributed by atoms with van der Waals surface area (Å²) in [6.45, 7) is 1.02. The fourth-order valence-electron chi connectivity index (χ4n) is 3.54. The van der Waals surface area contributed by atoms with E-state index in [2.05, 4.69) is 5.32 Å². The fraction of sp³-hybridized carbons (Fsp3) is 0.174. The number of carbonyl (C=O) groups excluding carboxylic acids is 1. The standard InChI is InChI=1S/C23H20FN3O3S/c24-20-8-4-5-9-22(20)31-21-11-10-18(27(29)30)14-19(21)23(28)26-13-12-17(15-26)25-16-6-2-1-3-7-16/h1-11,14,17,25H,12-13,15H2. The predicted octanol–water partition coefficient (Wildman–Crippen LogP) is 5.21. The molecule has 6 nitrogen and oxygen atoms in total. The van der Waals surface area contributed by atoms with Crippen molar-refractivity contribution in [3.63, 3.8) is 0 Å². The SMILES string of the molecule is O=C(c1cc([N+](=O)[O-])ccc1Sc1ccccc1F)N1CCC(Nc2ccccc2)C1. The van der Waals surface area contributed by atoms with Gasteiger partial charge in [0, 0.05) is 46.7 Å². The summed E-state index contributed by atoms with van der Waals surface area (Å²) in [6.07, 6.45) is 0.769. The highest BCUT2D eigenvalue weighted by atomic mass is 32.2. The number of hydrogen-bond acceptors (Lipinski definition) is 5. The van der Waals surface area contributed by atoms with Crippen molar-refractivity contribution in [2.45, 2.75) is 22.3 Å². The quantitative estimate of drug-likeness (QED) is 0.423. The Morgan fingerprint density at radius 1 is 1.06 bits per heavy atom. The molecular formula is C23H20FN3O3S. The third kappa shape index (κ3) is 4.86. The molecule has 0 saturated carbocycles. The number of halogens is 1. The maximum absolute atomic E-state index is 14.1. The van der Waals surface area contributed by atoms with Crippen LogP contribution in [-0.4, -0.2) is 34.9 Å². The van der Waals surface area contributed by atoms with Gasteiger partial charge in [0.1, 0.15) is 5.82 Å². The van der Waals surface area contributed by atoms with Gasteiger partial charge in [-0.25, -0.2) is 4.39 Å². The summed E-state index contributed by atoms with van der Waals surface area (Å²) < 4.78 is 14.1. The van der Waals surface area contributed by atoms with Gasteiger partial charge in [0.15, 0.2) is 0 Å². The molecule has 0 bridgehead atoms. The minimum atomic E-state index is -0.530. The van der Waals surface area contributed by atoms with Crippen molar-refractivity contribution in [1.29, 1.82) is 0 Å². The molecular weight excluding hydrogens is 417 g/mol. The van der Waals surface area contributed by atoms with Crippen molar-refractivity contribution in [3.05, 3.63) is 94.3 Å². The van der Waals surface area contributed by atoms with Crippen LogP contribution in [-0.2, 0) is 0 Å². The Hall–Kier alpha value is -3.39. The van der Waals surface area contributed by atoms with E-state index < -0.39 is 10.7 Å². The number of likely N-dealkylation sites (tertiary alicyclic amines) is 1. The average Bonchev–Trinajstić information content (AvgIpc) is 3.24. The Morgan fingerprint density at radius 3 is 2.55 bits per heavy atom. The van der Waals surface area contributed by atoms with Crippen LogP contribution in [0.4, 0.5) is 15.8 Å². The van der Waals surface area contributed by atoms with Gasteiger partial charge in [-0.15, -0.1) is 0 Å². The maximum atomic E-state index is 14.1. The molecule has 1 N–H and O–H groups in total. The Morgan fingerprint density at radius 2 is 1.81 bits per heavy atom. The first-order valence-electron chi connectivity index (χ1n) is 9.83. The normalized spacial score (nSPS) is 15.6. The largest absolute Gasteiger partial charge is 0.380 e. The van der Waals surface area contributed by atoms with E-state index in [4.69, 9.17) is 0 Å². The zero-order valence-corrected chi connectivity index (χ0v) is 17.3. The van der Waals surface area contributed by atoms with Crippen molar-refractivity contribution < 1.29 is 14.1 Å². The van der Waals surface area contributed by atoms with Gasteiger partial charge in [0.2, 0.25) is 0 Å². The number of nitro benzene ring substituents is 1. The summed E-state index contributed by atoms with van der Waals surface area (Å²) in [7, 11) is 0. The molecule has 8 heteroatoms. The molecule has 31 heavy (non-hydrogen) atoms. The predicted molar refractivity (Wildman–Crippen MR) is 118 cm³/mol. The molecule has 1 saturated heterocycles. The van der Waals surface area contributed by atoms with E-state index in [0.717, 1.165) is 23.9 Å².